The van der Waals surface area contributed by atoms with Gasteiger partial charge in [-0.1, -0.05) is 20.8 Å². The van der Waals surface area contributed by atoms with E-state index in [-0.39, 0.29) is 11.6 Å². The zero-order valence-electron chi connectivity index (χ0n) is 19.7. The molecule has 0 aromatic carbocycles. The van der Waals surface area contributed by atoms with Crippen LogP contribution >= 0.6 is 0 Å². The van der Waals surface area contributed by atoms with Crippen molar-refractivity contribution >= 4 is 32.2 Å². The fourth-order valence-corrected chi connectivity index (χ4v) is 3.21. The SMILES string of the molecule is CCOC(=O)[C@H](C)OC(=O)[C@H](C)OC(=O)[C@H](C)OC(=O)[C@H](C)O[Si](C)(C)C(C)(C)C. The molecule has 0 spiro atoms. The quantitative estimate of drug-likeness (QED) is 0.283. The number of rotatable bonds is 10. The van der Waals surface area contributed by atoms with Gasteiger partial charge >= 0.3 is 23.9 Å². The first-order valence-corrected chi connectivity index (χ1v) is 12.9. The lowest BCUT2D eigenvalue weighted by Gasteiger charge is -2.37. The molecular formula is C20H36O9Si. The maximum Gasteiger partial charge on any atom is 0.347 e. The Morgan fingerprint density at radius 1 is 0.700 bits per heavy atom. The molecule has 0 aliphatic rings. The Morgan fingerprint density at radius 3 is 1.37 bits per heavy atom. The maximum absolute atomic E-state index is 12.3. The number of hydrogen-bond donors (Lipinski definition) is 0. The number of ether oxygens (including phenoxy) is 4. The van der Waals surface area contributed by atoms with Gasteiger partial charge in [-0.15, -0.1) is 0 Å². The summed E-state index contributed by atoms with van der Waals surface area (Å²) in [6, 6.07) is 0. The molecule has 0 heterocycles. The van der Waals surface area contributed by atoms with Crippen LogP contribution in [0, 0.1) is 0 Å². The molecule has 174 valence electrons. The predicted molar refractivity (Wildman–Crippen MR) is 111 cm³/mol. The minimum absolute atomic E-state index is 0.0947. The highest BCUT2D eigenvalue weighted by Gasteiger charge is 2.40. The molecule has 0 bridgehead atoms. The van der Waals surface area contributed by atoms with E-state index in [1.807, 2.05) is 33.9 Å². The Hall–Kier alpha value is -1.94. The van der Waals surface area contributed by atoms with Gasteiger partial charge < -0.3 is 23.4 Å². The molecule has 0 aromatic heterocycles. The van der Waals surface area contributed by atoms with Crippen LogP contribution in [-0.2, 0) is 42.6 Å². The highest BCUT2D eigenvalue weighted by Crippen LogP contribution is 2.37. The minimum Gasteiger partial charge on any atom is -0.463 e. The van der Waals surface area contributed by atoms with Crippen molar-refractivity contribution in [1.82, 2.24) is 0 Å². The van der Waals surface area contributed by atoms with Crippen LogP contribution in [0.5, 0.6) is 0 Å². The van der Waals surface area contributed by atoms with Crippen molar-refractivity contribution in [3.63, 3.8) is 0 Å². The van der Waals surface area contributed by atoms with Crippen molar-refractivity contribution in [2.24, 2.45) is 0 Å². The molecule has 4 atom stereocenters. The lowest BCUT2D eigenvalue weighted by Crippen LogP contribution is -2.46. The summed E-state index contributed by atoms with van der Waals surface area (Å²) in [7, 11) is -2.20. The van der Waals surface area contributed by atoms with E-state index in [0.717, 1.165) is 0 Å². The van der Waals surface area contributed by atoms with Crippen molar-refractivity contribution in [3.8, 4) is 0 Å². The van der Waals surface area contributed by atoms with E-state index in [9.17, 15) is 19.2 Å². The molecular weight excluding hydrogens is 412 g/mol. The third-order valence-electron chi connectivity index (χ3n) is 4.77. The molecule has 0 aliphatic carbocycles. The molecule has 0 saturated carbocycles. The summed E-state index contributed by atoms with van der Waals surface area (Å²) in [5.41, 5.74) is 0. The average Bonchev–Trinajstić information content (AvgIpc) is 2.59. The van der Waals surface area contributed by atoms with Crippen LogP contribution in [0.3, 0.4) is 0 Å². The van der Waals surface area contributed by atoms with Crippen LogP contribution in [0.2, 0.25) is 18.1 Å². The molecule has 10 heteroatoms. The van der Waals surface area contributed by atoms with E-state index in [4.69, 9.17) is 23.4 Å². The van der Waals surface area contributed by atoms with E-state index in [1.54, 1.807) is 13.8 Å². The Bertz CT molecular complexity index is 624. The minimum atomic E-state index is -2.20. The normalized spacial score (nSPS) is 15.9. The van der Waals surface area contributed by atoms with Gasteiger partial charge in [0.05, 0.1) is 6.61 Å². The fourth-order valence-electron chi connectivity index (χ4n) is 1.88. The van der Waals surface area contributed by atoms with Gasteiger partial charge in [0.15, 0.2) is 26.6 Å². The second kappa shape index (κ2) is 11.4. The first-order valence-electron chi connectivity index (χ1n) is 9.99. The smallest absolute Gasteiger partial charge is 0.347 e. The first kappa shape index (κ1) is 28.1. The van der Waals surface area contributed by atoms with Gasteiger partial charge in [0.25, 0.3) is 0 Å². The lowest BCUT2D eigenvalue weighted by molar-refractivity contribution is -0.183. The van der Waals surface area contributed by atoms with Crippen molar-refractivity contribution in [2.45, 2.75) is 97.9 Å². The standard InChI is InChI=1S/C20H36O9Si/c1-11-25-16(21)12(2)26-17(22)13(3)27-18(23)14(4)28-19(24)15(5)29-30(9,10)20(6,7)8/h12-15H,11H2,1-10H3/t12-,13-,14-,15-/m0/s1. The Labute approximate surface area is 179 Å². The Balaban J connectivity index is 4.70. The van der Waals surface area contributed by atoms with E-state index in [2.05, 4.69) is 0 Å². The molecule has 0 N–H and O–H groups in total. The first-order chi connectivity index (χ1) is 13.5. The van der Waals surface area contributed by atoms with Crippen LogP contribution < -0.4 is 0 Å². The average molecular weight is 449 g/mol. The van der Waals surface area contributed by atoms with Crippen LogP contribution in [0.4, 0.5) is 0 Å². The topological polar surface area (TPSA) is 114 Å². The van der Waals surface area contributed by atoms with Gasteiger partial charge in [-0.3, -0.25) is 0 Å². The van der Waals surface area contributed by atoms with Crippen molar-refractivity contribution in [2.75, 3.05) is 6.61 Å². The molecule has 9 nitrogen and oxygen atoms in total. The number of carbonyl (C=O) groups excluding carboxylic acids is 4. The molecule has 0 aromatic rings. The van der Waals surface area contributed by atoms with Crippen LogP contribution in [0.15, 0.2) is 0 Å². The van der Waals surface area contributed by atoms with Crippen LogP contribution in [0.25, 0.3) is 0 Å². The van der Waals surface area contributed by atoms with Gasteiger partial charge in [-0.05, 0) is 52.8 Å². The van der Waals surface area contributed by atoms with Gasteiger partial charge in [0, 0.05) is 0 Å². The van der Waals surface area contributed by atoms with E-state index in [0.29, 0.717) is 0 Å². The monoisotopic (exact) mass is 448 g/mol. The van der Waals surface area contributed by atoms with Gasteiger partial charge in [0.1, 0.15) is 6.10 Å². The number of carbonyl (C=O) groups is 4. The Kier molecular flexibility index (Phi) is 10.7. The lowest BCUT2D eigenvalue weighted by atomic mass is 10.2. The molecule has 30 heavy (non-hydrogen) atoms. The van der Waals surface area contributed by atoms with Crippen molar-refractivity contribution < 1.29 is 42.6 Å². The van der Waals surface area contributed by atoms with Gasteiger partial charge in [-0.25, -0.2) is 19.2 Å². The molecule has 0 rings (SSSR count). The molecule has 0 saturated heterocycles. The summed E-state index contributed by atoms with van der Waals surface area (Å²) >= 11 is 0. The molecule has 0 unspecified atom stereocenters. The summed E-state index contributed by atoms with van der Waals surface area (Å²) in [4.78, 5) is 47.9. The molecule has 0 fully saturated rings. The maximum atomic E-state index is 12.3. The van der Waals surface area contributed by atoms with E-state index >= 15 is 0 Å². The van der Waals surface area contributed by atoms with Crippen molar-refractivity contribution in [1.29, 1.82) is 0 Å². The second-order valence-corrected chi connectivity index (χ2v) is 13.3. The summed E-state index contributed by atoms with van der Waals surface area (Å²) in [6.45, 7) is 17.4. The third-order valence-corrected chi connectivity index (χ3v) is 9.33. The molecule has 0 aliphatic heterocycles. The summed E-state index contributed by atoms with van der Waals surface area (Å²) in [5.74, 6) is -3.24. The van der Waals surface area contributed by atoms with Gasteiger partial charge in [-0.2, -0.15) is 0 Å². The molecule has 0 amide bonds. The third kappa shape index (κ3) is 8.82. The number of hydrogen-bond acceptors (Lipinski definition) is 9. The Morgan fingerprint density at radius 2 is 1.03 bits per heavy atom. The zero-order chi connectivity index (χ0) is 23.9. The zero-order valence-corrected chi connectivity index (χ0v) is 20.7. The van der Waals surface area contributed by atoms with Crippen molar-refractivity contribution in [3.05, 3.63) is 0 Å². The van der Waals surface area contributed by atoms with E-state index in [1.165, 1.54) is 20.8 Å². The molecule has 0 radical (unpaired) electrons. The summed E-state index contributed by atoms with van der Waals surface area (Å²) in [6.07, 6.45) is -4.53. The van der Waals surface area contributed by atoms with Crippen LogP contribution in [0.1, 0.15) is 55.4 Å². The van der Waals surface area contributed by atoms with Gasteiger partial charge in [0.2, 0.25) is 0 Å². The second-order valence-electron chi connectivity index (χ2n) is 8.51. The highest BCUT2D eigenvalue weighted by atomic mass is 28.4. The summed E-state index contributed by atoms with van der Waals surface area (Å²) in [5, 5.41) is -0.0947. The summed E-state index contributed by atoms with van der Waals surface area (Å²) < 4.78 is 25.7. The predicted octanol–water partition coefficient (Wildman–Crippen LogP) is 2.75. The van der Waals surface area contributed by atoms with E-state index < -0.39 is 56.6 Å². The highest BCUT2D eigenvalue weighted by molar-refractivity contribution is 6.74. The van der Waals surface area contributed by atoms with Crippen LogP contribution in [-0.4, -0.2) is 63.2 Å². The largest absolute Gasteiger partial charge is 0.463 e. The number of esters is 4. The fraction of sp³-hybridized carbons (Fsp3) is 0.800.